The van der Waals surface area contributed by atoms with Crippen molar-refractivity contribution in [2.24, 2.45) is 4.99 Å². The zero-order valence-corrected chi connectivity index (χ0v) is 15.0. The third-order valence-electron chi connectivity index (χ3n) is 2.62. The second kappa shape index (κ2) is 10.2. The summed E-state index contributed by atoms with van der Waals surface area (Å²) < 4.78 is 0. The van der Waals surface area contributed by atoms with Crippen molar-refractivity contribution >= 4 is 23.2 Å². The fraction of sp³-hybridized carbons (Fsp3) is 0.133. The van der Waals surface area contributed by atoms with E-state index in [2.05, 4.69) is 4.99 Å². The molecule has 0 spiro atoms. The Kier molecular flexibility index (Phi) is 8.84. The second-order valence-corrected chi connectivity index (χ2v) is 7.77. The summed E-state index contributed by atoms with van der Waals surface area (Å²) in [4.78, 5) is 4.33. The SMILES string of the molecule is Cc1cccc(C=NCc2ccccc2)c1O.[Cl][Zr][Cl]. The Labute approximate surface area is 138 Å². The van der Waals surface area contributed by atoms with E-state index >= 15 is 0 Å². The first-order valence-electron chi connectivity index (χ1n) is 5.97. The molecule has 0 radical (unpaired) electrons. The molecule has 0 aliphatic heterocycles. The van der Waals surface area contributed by atoms with Crippen LogP contribution in [0, 0.1) is 6.92 Å². The van der Waals surface area contributed by atoms with Gasteiger partial charge in [0.1, 0.15) is 5.75 Å². The average molecular weight is 387 g/mol. The number of para-hydroxylation sites is 1. The van der Waals surface area contributed by atoms with Crippen LogP contribution in [0.15, 0.2) is 53.5 Å². The molecule has 2 aromatic carbocycles. The van der Waals surface area contributed by atoms with Crippen molar-refractivity contribution in [3.63, 3.8) is 0 Å². The van der Waals surface area contributed by atoms with Crippen LogP contribution < -0.4 is 0 Å². The second-order valence-electron chi connectivity index (χ2n) is 4.04. The molecule has 2 aromatic rings. The molecule has 0 bridgehead atoms. The normalized spacial score (nSPS) is 9.95. The van der Waals surface area contributed by atoms with Crippen LogP contribution in [0.2, 0.25) is 0 Å². The Balaban J connectivity index is 0.000000612. The van der Waals surface area contributed by atoms with Crippen molar-refractivity contribution in [3.05, 3.63) is 65.2 Å². The fourth-order valence-corrected chi connectivity index (χ4v) is 1.62. The number of halogens is 2. The number of phenolic OH excluding ortho intramolecular Hbond substituents is 1. The summed E-state index contributed by atoms with van der Waals surface area (Å²) in [6.45, 7) is 2.51. The third kappa shape index (κ3) is 6.22. The number of hydrogen-bond donors (Lipinski definition) is 1. The van der Waals surface area contributed by atoms with Crippen LogP contribution >= 0.6 is 17.0 Å². The molecule has 2 nitrogen and oxygen atoms in total. The van der Waals surface area contributed by atoms with Crippen molar-refractivity contribution in [1.29, 1.82) is 0 Å². The van der Waals surface area contributed by atoms with Gasteiger partial charge in [0.15, 0.2) is 0 Å². The summed E-state index contributed by atoms with van der Waals surface area (Å²) in [7, 11) is 9.87. The van der Waals surface area contributed by atoms with Crippen molar-refractivity contribution in [1.82, 2.24) is 0 Å². The van der Waals surface area contributed by atoms with Gasteiger partial charge in [-0.05, 0) is 24.1 Å². The topological polar surface area (TPSA) is 32.6 Å². The van der Waals surface area contributed by atoms with Gasteiger partial charge in [-0.1, -0.05) is 42.5 Å². The van der Waals surface area contributed by atoms with Crippen molar-refractivity contribution < 1.29 is 26.0 Å². The molecule has 0 aliphatic carbocycles. The van der Waals surface area contributed by atoms with Gasteiger partial charge >= 0.3 is 37.9 Å². The van der Waals surface area contributed by atoms with Gasteiger partial charge in [-0.2, -0.15) is 0 Å². The zero-order chi connectivity index (χ0) is 14.8. The van der Waals surface area contributed by atoms with Crippen LogP contribution in [0.3, 0.4) is 0 Å². The van der Waals surface area contributed by atoms with Gasteiger partial charge in [0.05, 0.1) is 6.54 Å². The maximum atomic E-state index is 9.80. The predicted molar refractivity (Wildman–Crippen MR) is 82.3 cm³/mol. The molecule has 5 heteroatoms. The van der Waals surface area contributed by atoms with E-state index in [1.54, 1.807) is 6.21 Å². The molecule has 0 amide bonds. The van der Waals surface area contributed by atoms with Crippen molar-refractivity contribution in [2.75, 3.05) is 0 Å². The molecular formula is C15H15Cl2NOZr. The minimum atomic E-state index is -0.826. The Morgan fingerprint density at radius 1 is 1.10 bits per heavy atom. The molecule has 2 rings (SSSR count). The van der Waals surface area contributed by atoms with Gasteiger partial charge in [-0.3, -0.25) is 4.99 Å². The number of aromatic hydroxyl groups is 1. The molecule has 0 aliphatic rings. The first-order chi connectivity index (χ1) is 9.69. The summed E-state index contributed by atoms with van der Waals surface area (Å²) >= 11 is -0.826. The van der Waals surface area contributed by atoms with Crippen LogP contribution in [0.5, 0.6) is 5.75 Å². The standard InChI is InChI=1S/C15H15NO.2ClH.Zr/c1-12-6-5-9-14(15(12)17)11-16-10-13-7-3-2-4-8-13;;;/h2-9,11,17H,10H2,1H3;2*1H;/q;;;+2/p-2. The average Bonchev–Trinajstić information content (AvgIpc) is 2.45. The number of aryl methyl sites for hydroxylation is 1. The van der Waals surface area contributed by atoms with E-state index in [1.807, 2.05) is 55.5 Å². The van der Waals surface area contributed by atoms with E-state index in [-0.39, 0.29) is 0 Å². The van der Waals surface area contributed by atoms with Crippen LogP contribution in [0.1, 0.15) is 16.7 Å². The van der Waals surface area contributed by atoms with Gasteiger partial charge in [0.2, 0.25) is 0 Å². The number of phenols is 1. The molecule has 0 saturated carbocycles. The van der Waals surface area contributed by atoms with Crippen molar-refractivity contribution in [2.45, 2.75) is 13.5 Å². The number of rotatable bonds is 3. The Morgan fingerprint density at radius 3 is 2.40 bits per heavy atom. The number of nitrogens with zero attached hydrogens (tertiary/aromatic N) is 1. The Bertz CT molecular complexity index is 547. The molecule has 1 N–H and O–H groups in total. The predicted octanol–water partition coefficient (Wildman–Crippen LogP) is 4.70. The molecule has 0 fully saturated rings. The third-order valence-corrected chi connectivity index (χ3v) is 2.62. The molecular weight excluding hydrogens is 372 g/mol. The molecule has 0 heterocycles. The molecule has 20 heavy (non-hydrogen) atoms. The van der Waals surface area contributed by atoms with Gasteiger partial charge < -0.3 is 5.11 Å². The quantitative estimate of drug-likeness (QED) is 0.761. The number of hydrogen-bond acceptors (Lipinski definition) is 2. The van der Waals surface area contributed by atoms with Crippen molar-refractivity contribution in [3.8, 4) is 5.75 Å². The summed E-state index contributed by atoms with van der Waals surface area (Å²) in [5.74, 6) is 0.310. The maximum absolute atomic E-state index is 9.80. The summed E-state index contributed by atoms with van der Waals surface area (Å²) in [6, 6.07) is 15.7. The molecule has 0 unspecified atom stereocenters. The van der Waals surface area contributed by atoms with Gasteiger partial charge in [-0.25, -0.2) is 0 Å². The minimum absolute atomic E-state index is 0.310. The van der Waals surface area contributed by atoms with E-state index in [9.17, 15) is 5.11 Å². The van der Waals surface area contributed by atoms with E-state index in [1.165, 1.54) is 0 Å². The fourth-order valence-electron chi connectivity index (χ4n) is 1.62. The van der Waals surface area contributed by atoms with Gasteiger partial charge in [0, 0.05) is 11.8 Å². The van der Waals surface area contributed by atoms with E-state index < -0.39 is 20.8 Å². The molecule has 104 valence electrons. The molecule has 0 saturated heterocycles. The van der Waals surface area contributed by atoms with Crippen LogP contribution in [-0.2, 0) is 27.4 Å². The first kappa shape index (κ1) is 17.4. The first-order valence-corrected chi connectivity index (χ1v) is 12.3. The van der Waals surface area contributed by atoms with E-state index in [0.29, 0.717) is 12.3 Å². The zero-order valence-electron chi connectivity index (χ0n) is 11.1. The number of aliphatic imine (C=N–C) groups is 1. The van der Waals surface area contributed by atoms with Gasteiger partial charge in [0.25, 0.3) is 0 Å². The number of benzene rings is 2. The Morgan fingerprint density at radius 2 is 1.75 bits per heavy atom. The molecule has 0 aromatic heterocycles. The van der Waals surface area contributed by atoms with Crippen LogP contribution in [0.4, 0.5) is 0 Å². The van der Waals surface area contributed by atoms with E-state index in [4.69, 9.17) is 17.0 Å². The summed E-state index contributed by atoms with van der Waals surface area (Å²) in [5.41, 5.74) is 2.80. The van der Waals surface area contributed by atoms with Crippen LogP contribution in [0.25, 0.3) is 0 Å². The Hall–Kier alpha value is -0.627. The summed E-state index contributed by atoms with van der Waals surface area (Å²) in [5, 5.41) is 9.80. The van der Waals surface area contributed by atoms with E-state index in [0.717, 1.165) is 16.7 Å². The molecule has 0 atom stereocenters. The summed E-state index contributed by atoms with van der Waals surface area (Å²) in [6.07, 6.45) is 1.72. The van der Waals surface area contributed by atoms with Gasteiger partial charge in [-0.15, -0.1) is 0 Å². The van der Waals surface area contributed by atoms with Crippen LogP contribution in [-0.4, -0.2) is 11.3 Å². The monoisotopic (exact) mass is 385 g/mol.